The Bertz CT molecular complexity index is 1700. The van der Waals surface area contributed by atoms with Crippen molar-refractivity contribution in [2.75, 3.05) is 39.4 Å². The molecule has 4 aromatic carbocycles. The number of benzene rings is 4. The third-order valence-corrected chi connectivity index (χ3v) is 10.9. The molecule has 0 aromatic heterocycles. The fourth-order valence-electron chi connectivity index (χ4n) is 6.30. The number of fused-ring (bicyclic) bond motifs is 2. The van der Waals surface area contributed by atoms with Crippen LogP contribution in [0.25, 0.3) is 10.8 Å². The molecule has 0 N–H and O–H groups in total. The number of rotatable bonds is 13. The van der Waals surface area contributed by atoms with E-state index in [1.807, 2.05) is 36.4 Å². The quantitative estimate of drug-likeness (QED) is 0.111. The molecule has 1 aliphatic rings. The summed E-state index contributed by atoms with van der Waals surface area (Å²) >= 11 is 6.18. The van der Waals surface area contributed by atoms with Crippen molar-refractivity contribution in [2.45, 2.75) is 58.5 Å². The van der Waals surface area contributed by atoms with Gasteiger partial charge in [-0.3, -0.25) is 0 Å². The van der Waals surface area contributed by atoms with Crippen LogP contribution in [-0.4, -0.2) is 56.6 Å². The highest BCUT2D eigenvalue weighted by atomic mass is 35.5. The molecule has 0 spiro atoms. The first kappa shape index (κ1) is 32.3. The molecule has 8 heteroatoms. The van der Waals surface area contributed by atoms with Gasteiger partial charge in [0.15, 0.2) is 11.5 Å². The summed E-state index contributed by atoms with van der Waals surface area (Å²) in [6.07, 6.45) is 1.69. The zero-order valence-electron chi connectivity index (χ0n) is 26.3. The van der Waals surface area contributed by atoms with Gasteiger partial charge in [0.25, 0.3) is 0 Å². The Hall–Kier alpha value is -3.10. The van der Waals surface area contributed by atoms with Gasteiger partial charge in [-0.15, -0.1) is 0 Å². The first-order valence-corrected chi connectivity index (χ1v) is 17.4. The lowest BCUT2D eigenvalue weighted by atomic mass is 10.1. The molecule has 4 aromatic rings. The molecule has 0 bridgehead atoms. The van der Waals surface area contributed by atoms with Crippen LogP contribution in [0.5, 0.6) is 11.5 Å². The van der Waals surface area contributed by atoms with Crippen molar-refractivity contribution in [1.29, 1.82) is 0 Å². The third kappa shape index (κ3) is 7.57. The summed E-state index contributed by atoms with van der Waals surface area (Å²) < 4.78 is 42.4. The van der Waals surface area contributed by atoms with Gasteiger partial charge in [0.1, 0.15) is 19.8 Å². The first-order chi connectivity index (χ1) is 21.1. The molecule has 0 saturated heterocycles. The molecule has 0 amide bonds. The number of sulfonamides is 1. The Morgan fingerprint density at radius 1 is 0.773 bits per heavy atom. The van der Waals surface area contributed by atoms with Crippen LogP contribution in [0.15, 0.2) is 77.7 Å². The summed E-state index contributed by atoms with van der Waals surface area (Å²) in [5.41, 5.74) is 4.82. The molecule has 1 heterocycles. The van der Waals surface area contributed by atoms with Gasteiger partial charge in [-0.25, -0.2) is 8.42 Å². The van der Waals surface area contributed by atoms with Gasteiger partial charge in [-0.2, -0.15) is 4.31 Å². The van der Waals surface area contributed by atoms with E-state index >= 15 is 0 Å². The SMILES string of the molecule is CC[N+](CC)(CCCCN(Cc1ccc2c(c1)OCCO2)S(=O)(=O)c1ccc2cc(Cl)ccc2c1)Cc1cc(C)cc(C)c1. The minimum absolute atomic E-state index is 0.252. The minimum atomic E-state index is -3.78. The van der Waals surface area contributed by atoms with E-state index < -0.39 is 10.0 Å². The fraction of sp³-hybridized carbons (Fsp3) is 0.389. The van der Waals surface area contributed by atoms with Crippen molar-refractivity contribution in [1.82, 2.24) is 4.31 Å². The van der Waals surface area contributed by atoms with Gasteiger partial charge in [0, 0.05) is 23.7 Å². The lowest BCUT2D eigenvalue weighted by Gasteiger charge is -2.37. The van der Waals surface area contributed by atoms with Crippen molar-refractivity contribution in [3.05, 3.63) is 100 Å². The van der Waals surface area contributed by atoms with Crippen molar-refractivity contribution >= 4 is 32.4 Å². The molecule has 234 valence electrons. The maximum absolute atomic E-state index is 14.2. The number of hydrogen-bond donors (Lipinski definition) is 0. The van der Waals surface area contributed by atoms with E-state index in [4.69, 9.17) is 21.1 Å². The molecule has 0 fully saturated rings. The zero-order valence-corrected chi connectivity index (χ0v) is 27.9. The number of ether oxygens (including phenoxy) is 2. The number of unbranched alkanes of at least 4 members (excludes halogenated alkanes) is 1. The maximum atomic E-state index is 14.2. The monoisotopic (exact) mass is 635 g/mol. The topological polar surface area (TPSA) is 55.8 Å². The number of quaternary nitrogens is 1. The van der Waals surface area contributed by atoms with E-state index in [2.05, 4.69) is 45.9 Å². The zero-order chi connectivity index (χ0) is 31.3. The van der Waals surface area contributed by atoms with E-state index in [1.165, 1.54) is 16.7 Å². The average Bonchev–Trinajstić information content (AvgIpc) is 3.01. The van der Waals surface area contributed by atoms with E-state index in [9.17, 15) is 8.42 Å². The van der Waals surface area contributed by atoms with Crippen LogP contribution in [-0.2, 0) is 23.1 Å². The van der Waals surface area contributed by atoms with E-state index in [1.54, 1.807) is 22.5 Å². The summed E-state index contributed by atoms with van der Waals surface area (Å²) in [6.45, 7) is 14.5. The predicted molar refractivity (Wildman–Crippen MR) is 179 cm³/mol. The number of aryl methyl sites for hydroxylation is 2. The first-order valence-electron chi connectivity index (χ1n) is 15.6. The van der Waals surface area contributed by atoms with E-state index in [-0.39, 0.29) is 11.4 Å². The summed E-state index contributed by atoms with van der Waals surface area (Å²) in [7, 11) is -3.78. The highest BCUT2D eigenvalue weighted by Gasteiger charge is 2.27. The van der Waals surface area contributed by atoms with Crippen LogP contribution >= 0.6 is 11.6 Å². The lowest BCUT2D eigenvalue weighted by molar-refractivity contribution is -0.938. The predicted octanol–water partition coefficient (Wildman–Crippen LogP) is 7.91. The smallest absolute Gasteiger partial charge is 0.243 e. The normalized spacial score (nSPS) is 13.5. The molecule has 5 rings (SSSR count). The van der Waals surface area contributed by atoms with Crippen LogP contribution in [0.1, 0.15) is 48.9 Å². The second-order valence-corrected chi connectivity index (χ2v) is 14.4. The Balaban J connectivity index is 1.36. The standard InChI is InChI=1S/C36H44ClN2O4S/c1-5-39(6-2,26-30-20-27(3)19-28(4)21-30)16-8-7-15-38(25-29-9-14-35-36(22-29)43-18-17-42-35)44(40,41)34-13-11-31-23-33(37)12-10-32(31)24-34/h9-14,19-24H,5-8,15-18,25-26H2,1-4H3/q+1. The third-order valence-electron chi connectivity index (χ3n) is 8.81. The molecular formula is C36H44ClN2O4S+. The number of hydrogen-bond acceptors (Lipinski definition) is 4. The van der Waals surface area contributed by atoms with Gasteiger partial charge in [0.2, 0.25) is 10.0 Å². The average molecular weight is 636 g/mol. The summed E-state index contributed by atoms with van der Waals surface area (Å²) in [5.74, 6) is 1.35. The van der Waals surface area contributed by atoms with E-state index in [0.717, 1.165) is 59.8 Å². The van der Waals surface area contributed by atoms with Crippen molar-refractivity contribution in [3.8, 4) is 11.5 Å². The van der Waals surface area contributed by atoms with Gasteiger partial charge in [0.05, 0.1) is 24.5 Å². The van der Waals surface area contributed by atoms with Crippen LogP contribution in [0.3, 0.4) is 0 Å². The molecule has 1 aliphatic heterocycles. The number of nitrogens with zero attached hydrogens (tertiary/aromatic N) is 2. The second kappa shape index (κ2) is 13.9. The Morgan fingerprint density at radius 3 is 2.18 bits per heavy atom. The van der Waals surface area contributed by atoms with Gasteiger partial charge in [-0.05, 0) is 93.3 Å². The maximum Gasteiger partial charge on any atom is 0.243 e. The van der Waals surface area contributed by atoms with Gasteiger partial charge in [-0.1, -0.05) is 59.1 Å². The summed E-state index contributed by atoms with van der Waals surface area (Å²) in [4.78, 5) is 0.284. The molecular weight excluding hydrogens is 592 g/mol. The number of halogens is 1. The van der Waals surface area contributed by atoms with Crippen LogP contribution in [0, 0.1) is 13.8 Å². The Kier molecular flexibility index (Phi) is 10.2. The lowest BCUT2D eigenvalue weighted by Crippen LogP contribution is -2.47. The van der Waals surface area contributed by atoms with Crippen molar-refractivity contribution < 1.29 is 22.4 Å². The van der Waals surface area contributed by atoms with Crippen LogP contribution < -0.4 is 9.47 Å². The molecule has 0 atom stereocenters. The van der Waals surface area contributed by atoms with Crippen LogP contribution in [0.4, 0.5) is 0 Å². The second-order valence-electron chi connectivity index (χ2n) is 12.0. The highest BCUT2D eigenvalue weighted by molar-refractivity contribution is 7.89. The van der Waals surface area contributed by atoms with Crippen LogP contribution in [0.2, 0.25) is 5.02 Å². The summed E-state index contributed by atoms with van der Waals surface area (Å²) in [5, 5.41) is 2.38. The highest BCUT2D eigenvalue weighted by Crippen LogP contribution is 2.32. The fourth-order valence-corrected chi connectivity index (χ4v) is 7.99. The molecule has 0 unspecified atom stereocenters. The Labute approximate surface area is 267 Å². The summed E-state index contributed by atoms with van der Waals surface area (Å²) in [6, 6.07) is 23.3. The minimum Gasteiger partial charge on any atom is -0.486 e. The Morgan fingerprint density at radius 2 is 1.45 bits per heavy atom. The van der Waals surface area contributed by atoms with Gasteiger partial charge < -0.3 is 14.0 Å². The molecule has 0 saturated carbocycles. The largest absolute Gasteiger partial charge is 0.486 e. The molecule has 0 aliphatic carbocycles. The van der Waals surface area contributed by atoms with Crippen molar-refractivity contribution in [2.24, 2.45) is 0 Å². The van der Waals surface area contributed by atoms with Crippen molar-refractivity contribution in [3.63, 3.8) is 0 Å². The molecule has 6 nitrogen and oxygen atoms in total. The molecule has 44 heavy (non-hydrogen) atoms. The van der Waals surface area contributed by atoms with Gasteiger partial charge >= 0.3 is 0 Å². The van der Waals surface area contributed by atoms with E-state index in [0.29, 0.717) is 36.3 Å². The molecule has 0 radical (unpaired) electrons.